The maximum absolute atomic E-state index is 12.2. The van der Waals surface area contributed by atoms with Crippen LogP contribution in [0.1, 0.15) is 24.2 Å². The van der Waals surface area contributed by atoms with Gasteiger partial charge in [-0.25, -0.2) is 0 Å². The molecule has 0 radical (unpaired) electrons. The van der Waals surface area contributed by atoms with Crippen LogP contribution in [0.15, 0.2) is 29.3 Å². The van der Waals surface area contributed by atoms with Crippen molar-refractivity contribution in [3.8, 4) is 5.75 Å². The minimum absolute atomic E-state index is 0.102. The lowest BCUT2D eigenvalue weighted by Crippen LogP contribution is -2.50. The van der Waals surface area contributed by atoms with Crippen molar-refractivity contribution in [3.05, 3.63) is 29.8 Å². The summed E-state index contributed by atoms with van der Waals surface area (Å²) in [5, 5.41) is 6.91. The zero-order chi connectivity index (χ0) is 18.9. The van der Waals surface area contributed by atoms with Crippen LogP contribution in [0.5, 0.6) is 5.75 Å². The lowest BCUT2D eigenvalue weighted by atomic mass is 10.1. The molecule has 1 amide bonds. The average Bonchev–Trinajstić information content (AvgIpc) is 2.68. The summed E-state index contributed by atoms with van der Waals surface area (Å²) in [5.41, 5.74) is 0.599. The zero-order valence-electron chi connectivity index (χ0n) is 16.1. The van der Waals surface area contributed by atoms with E-state index in [-0.39, 0.29) is 5.91 Å². The molecule has 0 saturated carbocycles. The van der Waals surface area contributed by atoms with Gasteiger partial charge in [0, 0.05) is 49.8 Å². The van der Waals surface area contributed by atoms with Crippen molar-refractivity contribution in [1.29, 1.82) is 0 Å². The molecule has 1 aromatic carbocycles. The Labute approximate surface area is 160 Å². The van der Waals surface area contributed by atoms with E-state index in [1.165, 1.54) is 0 Å². The summed E-state index contributed by atoms with van der Waals surface area (Å²) >= 11 is 2.04. The van der Waals surface area contributed by atoms with Gasteiger partial charge in [0.1, 0.15) is 5.75 Å². The second kappa shape index (κ2) is 10.3. The third-order valence-corrected chi connectivity index (χ3v) is 5.91. The molecular formula is C19H30N4O2S. The van der Waals surface area contributed by atoms with Crippen molar-refractivity contribution in [2.75, 3.05) is 46.1 Å². The first-order valence-corrected chi connectivity index (χ1v) is 10.1. The molecule has 144 valence electrons. The first-order chi connectivity index (χ1) is 12.5. The summed E-state index contributed by atoms with van der Waals surface area (Å²) < 4.78 is 5.15. The van der Waals surface area contributed by atoms with Crippen LogP contribution in [-0.4, -0.2) is 68.1 Å². The van der Waals surface area contributed by atoms with E-state index in [0.29, 0.717) is 35.6 Å². The summed E-state index contributed by atoms with van der Waals surface area (Å²) in [6.45, 7) is 7.72. The van der Waals surface area contributed by atoms with Crippen molar-refractivity contribution in [3.63, 3.8) is 0 Å². The molecule has 0 aromatic heterocycles. The fourth-order valence-corrected chi connectivity index (χ4v) is 4.12. The highest BCUT2D eigenvalue weighted by Gasteiger charge is 2.24. The van der Waals surface area contributed by atoms with Gasteiger partial charge in [-0.05, 0) is 24.1 Å². The Balaban J connectivity index is 1.77. The molecule has 1 heterocycles. The van der Waals surface area contributed by atoms with Gasteiger partial charge in [-0.3, -0.25) is 9.79 Å². The molecule has 7 heteroatoms. The summed E-state index contributed by atoms with van der Waals surface area (Å²) in [6.07, 6.45) is 0. The highest BCUT2D eigenvalue weighted by Crippen LogP contribution is 2.24. The summed E-state index contributed by atoms with van der Waals surface area (Å²) in [6, 6.07) is 7.15. The number of amides is 1. The number of carbonyl (C=O) groups is 1. The van der Waals surface area contributed by atoms with Crippen LogP contribution in [0.3, 0.4) is 0 Å². The molecule has 26 heavy (non-hydrogen) atoms. The number of ether oxygens (including phenoxy) is 1. The average molecular weight is 379 g/mol. The number of thioether (sulfide) groups is 1. The maximum Gasteiger partial charge on any atom is 0.251 e. The highest BCUT2D eigenvalue weighted by molar-refractivity contribution is 8.00. The van der Waals surface area contributed by atoms with Crippen molar-refractivity contribution in [2.24, 2.45) is 10.9 Å². The van der Waals surface area contributed by atoms with E-state index in [4.69, 9.17) is 4.74 Å². The molecule has 2 rings (SSSR count). The molecule has 0 spiro atoms. The van der Waals surface area contributed by atoms with E-state index in [1.807, 2.05) is 30.9 Å². The number of nitrogens with zero attached hydrogens (tertiary/aromatic N) is 2. The van der Waals surface area contributed by atoms with Gasteiger partial charge in [0.15, 0.2) is 5.96 Å². The Hall–Kier alpha value is -1.89. The lowest BCUT2D eigenvalue weighted by molar-refractivity contribution is 0.0954. The third kappa shape index (κ3) is 5.83. The van der Waals surface area contributed by atoms with E-state index in [2.05, 4.69) is 34.4 Å². The van der Waals surface area contributed by atoms with Crippen LogP contribution in [0, 0.1) is 5.92 Å². The van der Waals surface area contributed by atoms with Gasteiger partial charge in [0.25, 0.3) is 5.91 Å². The lowest BCUT2D eigenvalue weighted by Gasteiger charge is -2.36. The van der Waals surface area contributed by atoms with Crippen LogP contribution in [-0.2, 0) is 0 Å². The zero-order valence-corrected chi connectivity index (χ0v) is 16.9. The second-order valence-corrected chi connectivity index (χ2v) is 7.91. The third-order valence-electron chi connectivity index (χ3n) is 4.37. The smallest absolute Gasteiger partial charge is 0.251 e. The Morgan fingerprint density at radius 3 is 2.85 bits per heavy atom. The van der Waals surface area contributed by atoms with Gasteiger partial charge in [0.05, 0.1) is 7.11 Å². The van der Waals surface area contributed by atoms with Crippen LogP contribution >= 0.6 is 11.8 Å². The van der Waals surface area contributed by atoms with E-state index >= 15 is 0 Å². The van der Waals surface area contributed by atoms with Gasteiger partial charge in [-0.2, -0.15) is 11.8 Å². The molecule has 6 nitrogen and oxygen atoms in total. The van der Waals surface area contributed by atoms with Gasteiger partial charge < -0.3 is 20.3 Å². The maximum atomic E-state index is 12.2. The van der Waals surface area contributed by atoms with Crippen LogP contribution in [0.2, 0.25) is 0 Å². The largest absolute Gasteiger partial charge is 0.497 e. The Morgan fingerprint density at radius 1 is 1.38 bits per heavy atom. The Morgan fingerprint density at radius 2 is 2.15 bits per heavy atom. The molecule has 0 aliphatic carbocycles. The minimum Gasteiger partial charge on any atom is -0.497 e. The van der Waals surface area contributed by atoms with E-state index in [0.717, 1.165) is 24.8 Å². The summed E-state index contributed by atoms with van der Waals surface area (Å²) in [7, 11) is 3.40. The van der Waals surface area contributed by atoms with Crippen molar-refractivity contribution >= 4 is 23.6 Å². The second-order valence-electron chi connectivity index (χ2n) is 6.56. The quantitative estimate of drug-likeness (QED) is 0.451. The van der Waals surface area contributed by atoms with Gasteiger partial charge in [-0.1, -0.05) is 19.9 Å². The number of carbonyl (C=O) groups excluding carboxylic acids is 1. The summed E-state index contributed by atoms with van der Waals surface area (Å²) in [4.78, 5) is 18.9. The number of nitrogens with one attached hydrogen (secondary N) is 2. The minimum atomic E-state index is -0.102. The monoisotopic (exact) mass is 378 g/mol. The number of benzene rings is 1. The standard InChI is InChI=1S/C19H30N4O2S/c1-14(2)17-13-23(10-11-26-17)19(20-3)22-9-8-21-18(24)15-6-5-7-16(12-15)25-4/h5-7,12,14,17H,8-11,13H2,1-4H3,(H,20,22)(H,21,24). The van der Waals surface area contributed by atoms with Crippen molar-refractivity contribution < 1.29 is 9.53 Å². The molecule has 1 aromatic rings. The number of guanidine groups is 1. The Bertz CT molecular complexity index is 621. The van der Waals surface area contributed by atoms with Gasteiger partial charge in [-0.15, -0.1) is 0 Å². The first kappa shape index (κ1) is 20.4. The first-order valence-electron chi connectivity index (χ1n) is 9.04. The normalized spacial score (nSPS) is 18.0. The summed E-state index contributed by atoms with van der Waals surface area (Å²) in [5.74, 6) is 3.26. The topological polar surface area (TPSA) is 66.0 Å². The van der Waals surface area contributed by atoms with E-state index in [1.54, 1.807) is 19.2 Å². The predicted molar refractivity (Wildman–Crippen MR) is 109 cm³/mol. The molecule has 1 fully saturated rings. The molecule has 1 aliphatic rings. The predicted octanol–water partition coefficient (Wildman–Crippen LogP) is 2.07. The number of aliphatic imine (C=N–C) groups is 1. The molecule has 2 N–H and O–H groups in total. The molecule has 1 saturated heterocycles. The van der Waals surface area contributed by atoms with Gasteiger partial charge >= 0.3 is 0 Å². The van der Waals surface area contributed by atoms with Crippen LogP contribution in [0.25, 0.3) is 0 Å². The number of methoxy groups -OCH3 is 1. The number of hydrogen-bond acceptors (Lipinski definition) is 4. The Kier molecular flexibility index (Phi) is 8.09. The number of rotatable bonds is 6. The fourth-order valence-electron chi connectivity index (χ4n) is 2.82. The molecule has 0 bridgehead atoms. The van der Waals surface area contributed by atoms with E-state index in [9.17, 15) is 4.79 Å². The van der Waals surface area contributed by atoms with Crippen molar-refractivity contribution in [1.82, 2.24) is 15.5 Å². The van der Waals surface area contributed by atoms with Crippen molar-refractivity contribution in [2.45, 2.75) is 19.1 Å². The van der Waals surface area contributed by atoms with Gasteiger partial charge in [0.2, 0.25) is 0 Å². The van der Waals surface area contributed by atoms with Crippen LogP contribution in [0.4, 0.5) is 0 Å². The van der Waals surface area contributed by atoms with Crippen LogP contribution < -0.4 is 15.4 Å². The number of hydrogen-bond donors (Lipinski definition) is 2. The van der Waals surface area contributed by atoms with E-state index < -0.39 is 0 Å². The molecule has 1 unspecified atom stereocenters. The fraction of sp³-hybridized carbons (Fsp3) is 0.579. The molecule has 1 atom stereocenters. The SMILES string of the molecule is CN=C(NCCNC(=O)c1cccc(OC)c1)N1CCSC(C(C)C)C1. The molecule has 1 aliphatic heterocycles. The molecular weight excluding hydrogens is 348 g/mol. The highest BCUT2D eigenvalue weighted by atomic mass is 32.2.